The van der Waals surface area contributed by atoms with E-state index < -0.39 is 4.92 Å². The minimum atomic E-state index is -0.438. The number of ketones is 1. The van der Waals surface area contributed by atoms with Gasteiger partial charge in [0.1, 0.15) is 0 Å². The topological polar surface area (TPSA) is 63.2 Å². The van der Waals surface area contributed by atoms with E-state index in [1.165, 1.54) is 37.0 Å². The first-order valence-electron chi connectivity index (χ1n) is 9.28. The SMILES string of the molecule is O=C(c1ccc([N+](=O)[O-])cc1)[C@H]1[C@H](c2ccccc2)N1C1CCCCC1. The maximum absolute atomic E-state index is 13.1. The molecule has 0 radical (unpaired) electrons. The molecule has 1 aliphatic heterocycles. The molecule has 2 aromatic rings. The van der Waals surface area contributed by atoms with Crippen LogP contribution in [0.1, 0.15) is 54.1 Å². The van der Waals surface area contributed by atoms with E-state index in [9.17, 15) is 14.9 Å². The zero-order valence-corrected chi connectivity index (χ0v) is 14.6. The Morgan fingerprint density at radius 3 is 2.23 bits per heavy atom. The average molecular weight is 350 g/mol. The molecule has 2 aliphatic rings. The van der Waals surface area contributed by atoms with E-state index in [0.717, 1.165) is 12.8 Å². The number of carbonyl (C=O) groups excluding carboxylic acids is 1. The lowest BCUT2D eigenvalue weighted by Gasteiger charge is -2.24. The van der Waals surface area contributed by atoms with Gasteiger partial charge in [0.05, 0.1) is 17.0 Å². The van der Waals surface area contributed by atoms with Gasteiger partial charge in [-0.3, -0.25) is 19.8 Å². The Bertz CT molecular complexity index is 798. The monoisotopic (exact) mass is 350 g/mol. The molecule has 0 bridgehead atoms. The molecule has 0 N–H and O–H groups in total. The van der Waals surface area contributed by atoms with Gasteiger partial charge < -0.3 is 0 Å². The van der Waals surface area contributed by atoms with E-state index in [1.54, 1.807) is 12.1 Å². The van der Waals surface area contributed by atoms with Crippen LogP contribution < -0.4 is 0 Å². The highest BCUT2D eigenvalue weighted by molar-refractivity contribution is 6.03. The molecule has 1 saturated carbocycles. The van der Waals surface area contributed by atoms with E-state index >= 15 is 0 Å². The van der Waals surface area contributed by atoms with Crippen LogP contribution in [0.2, 0.25) is 0 Å². The van der Waals surface area contributed by atoms with Gasteiger partial charge in [0.15, 0.2) is 5.78 Å². The highest BCUT2D eigenvalue weighted by Gasteiger charge is 2.55. The van der Waals surface area contributed by atoms with Crippen molar-refractivity contribution in [2.24, 2.45) is 0 Å². The quantitative estimate of drug-likeness (QED) is 0.344. The van der Waals surface area contributed by atoms with Gasteiger partial charge >= 0.3 is 0 Å². The molecule has 26 heavy (non-hydrogen) atoms. The van der Waals surface area contributed by atoms with Gasteiger partial charge in [0.2, 0.25) is 0 Å². The standard InChI is InChI=1S/C21H22N2O3/c24-21(16-11-13-18(14-12-16)23(25)26)20-19(15-7-3-1-4-8-15)22(20)17-9-5-2-6-10-17/h1,3-4,7-8,11-14,17,19-20H,2,5-6,9-10H2/t19-,20+,22?/m0/s1. The number of nitrogens with zero attached hydrogens (tertiary/aromatic N) is 2. The second-order valence-electron chi connectivity index (χ2n) is 7.21. The molecule has 4 rings (SSSR count). The van der Waals surface area contributed by atoms with E-state index in [0.29, 0.717) is 11.6 Å². The smallest absolute Gasteiger partial charge is 0.269 e. The third-order valence-corrected chi connectivity index (χ3v) is 5.62. The summed E-state index contributed by atoms with van der Waals surface area (Å²) >= 11 is 0. The third kappa shape index (κ3) is 3.15. The van der Waals surface area contributed by atoms with Gasteiger partial charge in [-0.25, -0.2) is 0 Å². The molecule has 5 heteroatoms. The molecular formula is C21H22N2O3. The van der Waals surface area contributed by atoms with Crippen LogP contribution in [0.25, 0.3) is 0 Å². The highest BCUT2D eigenvalue weighted by Crippen LogP contribution is 2.49. The number of carbonyl (C=O) groups is 1. The summed E-state index contributed by atoms with van der Waals surface area (Å²) < 4.78 is 0. The van der Waals surface area contributed by atoms with Crippen molar-refractivity contribution in [3.63, 3.8) is 0 Å². The van der Waals surface area contributed by atoms with Crippen LogP contribution in [-0.4, -0.2) is 27.7 Å². The van der Waals surface area contributed by atoms with Crippen molar-refractivity contribution < 1.29 is 9.72 Å². The van der Waals surface area contributed by atoms with Gasteiger partial charge in [0.25, 0.3) is 5.69 Å². The fourth-order valence-electron chi connectivity index (χ4n) is 4.28. The lowest BCUT2D eigenvalue weighted by molar-refractivity contribution is -0.384. The molecule has 1 saturated heterocycles. The summed E-state index contributed by atoms with van der Waals surface area (Å²) in [6.07, 6.45) is 6.02. The van der Waals surface area contributed by atoms with Crippen molar-refractivity contribution >= 4 is 11.5 Å². The number of non-ortho nitro benzene ring substituents is 1. The van der Waals surface area contributed by atoms with E-state index in [4.69, 9.17) is 0 Å². The Morgan fingerprint density at radius 2 is 1.62 bits per heavy atom. The van der Waals surface area contributed by atoms with Gasteiger partial charge in [-0.2, -0.15) is 0 Å². The summed E-state index contributed by atoms with van der Waals surface area (Å²) in [5.74, 6) is 0.0688. The fourth-order valence-corrected chi connectivity index (χ4v) is 4.28. The maximum Gasteiger partial charge on any atom is 0.269 e. The van der Waals surface area contributed by atoms with Crippen LogP contribution >= 0.6 is 0 Å². The molecular weight excluding hydrogens is 328 g/mol. The van der Waals surface area contributed by atoms with Gasteiger partial charge in [-0.15, -0.1) is 0 Å². The normalized spacial score (nSPS) is 25.6. The number of rotatable bonds is 5. The molecule has 0 aromatic heterocycles. The second kappa shape index (κ2) is 7.00. The molecule has 1 aliphatic carbocycles. The lowest BCUT2D eigenvalue weighted by atomic mass is 9.95. The number of benzene rings is 2. The van der Waals surface area contributed by atoms with Gasteiger partial charge in [-0.05, 0) is 30.5 Å². The van der Waals surface area contributed by atoms with E-state index in [2.05, 4.69) is 17.0 Å². The van der Waals surface area contributed by atoms with Crippen molar-refractivity contribution in [3.05, 3.63) is 75.8 Å². The maximum atomic E-state index is 13.1. The van der Waals surface area contributed by atoms with Crippen LogP contribution in [0.4, 0.5) is 5.69 Å². The Balaban J connectivity index is 1.59. The van der Waals surface area contributed by atoms with Crippen LogP contribution in [0, 0.1) is 10.1 Å². The molecule has 134 valence electrons. The minimum absolute atomic E-state index is 0.0149. The second-order valence-corrected chi connectivity index (χ2v) is 7.21. The predicted molar refractivity (Wildman–Crippen MR) is 99.1 cm³/mol. The summed E-state index contributed by atoms with van der Waals surface area (Å²) in [6, 6.07) is 16.6. The van der Waals surface area contributed by atoms with Crippen molar-refractivity contribution in [2.45, 2.75) is 50.2 Å². The predicted octanol–water partition coefficient (Wildman–Crippen LogP) is 4.54. The number of nitro benzene ring substituents is 1. The molecule has 0 spiro atoms. The molecule has 2 fully saturated rings. The lowest BCUT2D eigenvalue weighted by Crippen LogP contribution is -2.26. The Hall–Kier alpha value is -2.53. The highest BCUT2D eigenvalue weighted by atomic mass is 16.6. The van der Waals surface area contributed by atoms with Crippen LogP contribution in [0.3, 0.4) is 0 Å². The fraction of sp³-hybridized carbons (Fsp3) is 0.381. The number of hydrogen-bond acceptors (Lipinski definition) is 4. The number of hydrogen-bond donors (Lipinski definition) is 0. The molecule has 0 amide bonds. The summed E-state index contributed by atoms with van der Waals surface area (Å²) in [6.45, 7) is 0. The van der Waals surface area contributed by atoms with Crippen LogP contribution in [0.5, 0.6) is 0 Å². The zero-order valence-electron chi connectivity index (χ0n) is 14.6. The van der Waals surface area contributed by atoms with Crippen molar-refractivity contribution in [2.75, 3.05) is 0 Å². The molecule has 2 aromatic carbocycles. The minimum Gasteiger partial charge on any atom is -0.292 e. The molecule has 5 nitrogen and oxygen atoms in total. The Labute approximate surface area is 152 Å². The van der Waals surface area contributed by atoms with E-state index in [1.807, 2.05) is 18.2 Å². The molecule has 3 atom stereocenters. The summed E-state index contributed by atoms with van der Waals surface area (Å²) in [4.78, 5) is 25.9. The Morgan fingerprint density at radius 1 is 0.962 bits per heavy atom. The Kier molecular flexibility index (Phi) is 4.55. The van der Waals surface area contributed by atoms with Crippen LogP contribution in [-0.2, 0) is 0 Å². The van der Waals surface area contributed by atoms with Crippen molar-refractivity contribution in [3.8, 4) is 0 Å². The molecule has 1 heterocycles. The average Bonchev–Trinajstić information content (AvgIpc) is 3.44. The third-order valence-electron chi connectivity index (χ3n) is 5.62. The summed E-state index contributed by atoms with van der Waals surface area (Å²) in [7, 11) is 0. The molecule has 1 unspecified atom stereocenters. The van der Waals surface area contributed by atoms with Gasteiger partial charge in [0, 0.05) is 23.7 Å². The summed E-state index contributed by atoms with van der Waals surface area (Å²) in [5, 5.41) is 10.8. The van der Waals surface area contributed by atoms with Gasteiger partial charge in [-0.1, -0.05) is 49.6 Å². The van der Waals surface area contributed by atoms with E-state index in [-0.39, 0.29) is 23.6 Å². The summed E-state index contributed by atoms with van der Waals surface area (Å²) in [5.41, 5.74) is 1.75. The first-order chi connectivity index (χ1) is 12.7. The number of Topliss-reactive ketones (excluding diaryl/α,β-unsaturated/α-hetero) is 1. The first kappa shape index (κ1) is 16.9. The zero-order chi connectivity index (χ0) is 18.1. The van der Waals surface area contributed by atoms with Crippen molar-refractivity contribution in [1.82, 2.24) is 4.90 Å². The largest absolute Gasteiger partial charge is 0.292 e. The number of nitro groups is 1. The first-order valence-corrected chi connectivity index (χ1v) is 9.28. The van der Waals surface area contributed by atoms with Crippen molar-refractivity contribution in [1.29, 1.82) is 0 Å². The van der Waals surface area contributed by atoms with Crippen LogP contribution in [0.15, 0.2) is 54.6 Å².